The number of nitrogens with zero attached hydrogens (tertiary/aromatic N) is 3. The van der Waals surface area contributed by atoms with Gasteiger partial charge in [-0.15, -0.1) is 11.3 Å². The molecule has 4 heterocycles. The average Bonchev–Trinajstić information content (AvgIpc) is 3.87. The van der Waals surface area contributed by atoms with E-state index in [1.165, 1.54) is 58.6 Å². The Labute approximate surface area is 350 Å². The lowest BCUT2D eigenvalue weighted by molar-refractivity contribution is 0.409. The number of thiophene rings is 1. The van der Waals surface area contributed by atoms with Crippen molar-refractivity contribution in [2.75, 3.05) is 0 Å². The van der Waals surface area contributed by atoms with Crippen LogP contribution in [0.1, 0.15) is 29.0 Å². The lowest BCUT2D eigenvalue weighted by Crippen LogP contribution is -2.44. The van der Waals surface area contributed by atoms with Crippen molar-refractivity contribution in [2.24, 2.45) is 4.99 Å². The van der Waals surface area contributed by atoms with Crippen LogP contribution in [0.4, 0.5) is 0 Å². The summed E-state index contributed by atoms with van der Waals surface area (Å²) in [7, 11) is 0. The van der Waals surface area contributed by atoms with Gasteiger partial charge in [0.05, 0.1) is 32.6 Å². The lowest BCUT2D eigenvalue weighted by atomic mass is 9.99. The predicted octanol–water partition coefficient (Wildman–Crippen LogP) is 13.4. The summed E-state index contributed by atoms with van der Waals surface area (Å²) in [6.07, 6.45) is -0.291. The third-order valence-corrected chi connectivity index (χ3v) is 13.1. The molecule has 0 saturated carbocycles. The van der Waals surface area contributed by atoms with E-state index >= 15 is 0 Å². The first-order valence-electron chi connectivity index (χ1n) is 20.4. The topological polar surface area (TPSA) is 54.2 Å². The van der Waals surface area contributed by atoms with E-state index in [1.54, 1.807) is 0 Å². The smallest absolute Gasteiger partial charge is 0.131 e. The molecule has 6 heteroatoms. The standard InChI is InChI=1S/C54H37N5S/c1-3-15-38(16-4-1)52-56-53(39-17-5-2-6-18-39)58-54(57-52)40-32-28-35(29-33-40)34-26-30-37(31-27-34)48-47-49-51(60-50(47)42-21-9-11-23-44(42)55-48)43-22-10-12-24-46(43)59(49)45-25-13-19-36-14-7-8-20-41(36)45/h1-33,52,54,57H,(H,56,58). The van der Waals surface area contributed by atoms with E-state index in [9.17, 15) is 0 Å². The van der Waals surface area contributed by atoms with Gasteiger partial charge in [0.1, 0.15) is 18.2 Å². The Morgan fingerprint density at radius 3 is 1.92 bits per heavy atom. The number of nitrogens with one attached hydrogen (secondary N) is 2. The Balaban J connectivity index is 0.959. The van der Waals surface area contributed by atoms with Crippen molar-refractivity contribution in [3.8, 4) is 28.1 Å². The predicted molar refractivity (Wildman–Crippen MR) is 251 cm³/mol. The highest BCUT2D eigenvalue weighted by Crippen LogP contribution is 2.48. The minimum Gasteiger partial charge on any atom is -0.350 e. The van der Waals surface area contributed by atoms with Crippen molar-refractivity contribution in [1.82, 2.24) is 20.2 Å². The third-order valence-electron chi connectivity index (χ3n) is 11.9. The van der Waals surface area contributed by atoms with Crippen LogP contribution in [0.25, 0.3) is 81.0 Å². The Kier molecular flexibility index (Phi) is 8.18. The summed E-state index contributed by atoms with van der Waals surface area (Å²) in [6, 6.07) is 71.3. The maximum atomic E-state index is 5.45. The molecule has 11 aromatic rings. The van der Waals surface area contributed by atoms with Crippen LogP contribution < -0.4 is 10.6 Å². The zero-order chi connectivity index (χ0) is 39.6. The molecule has 2 atom stereocenters. The molecule has 1 aliphatic rings. The van der Waals surface area contributed by atoms with E-state index in [1.807, 2.05) is 23.5 Å². The molecule has 284 valence electrons. The number of amidine groups is 1. The minimum atomic E-state index is -0.212. The molecule has 0 bridgehead atoms. The highest BCUT2D eigenvalue weighted by Gasteiger charge is 2.26. The molecule has 12 rings (SSSR count). The zero-order valence-corrected chi connectivity index (χ0v) is 33.3. The lowest BCUT2D eigenvalue weighted by Gasteiger charge is -2.32. The summed E-state index contributed by atoms with van der Waals surface area (Å²) in [5, 5.41) is 13.4. The van der Waals surface area contributed by atoms with Gasteiger partial charge < -0.3 is 9.88 Å². The second-order valence-corrected chi connectivity index (χ2v) is 16.4. The van der Waals surface area contributed by atoms with E-state index in [0.29, 0.717) is 0 Å². The van der Waals surface area contributed by atoms with Crippen LogP contribution in [0.3, 0.4) is 0 Å². The van der Waals surface area contributed by atoms with Gasteiger partial charge in [0.2, 0.25) is 0 Å². The molecule has 5 nitrogen and oxygen atoms in total. The normalized spacial score (nSPS) is 15.5. The van der Waals surface area contributed by atoms with E-state index < -0.39 is 0 Å². The quantitative estimate of drug-likeness (QED) is 0.176. The monoisotopic (exact) mass is 787 g/mol. The van der Waals surface area contributed by atoms with Gasteiger partial charge in [0.25, 0.3) is 0 Å². The molecule has 0 spiro atoms. The number of fused-ring (bicyclic) bond motifs is 8. The second kappa shape index (κ2) is 14.2. The SMILES string of the molecule is c1ccc(C2=NC(c3ccc(-c4ccc(-c5nc6ccccc6c6sc7c8ccccc8n(-c8cccc9ccccc89)c7c56)cc4)cc3)NC(c3ccccc3)N2)cc1. The second-order valence-electron chi connectivity index (χ2n) is 15.4. The number of aliphatic imine (C=N–C) groups is 1. The summed E-state index contributed by atoms with van der Waals surface area (Å²) in [5.74, 6) is 0.879. The molecular formula is C54H37N5S. The van der Waals surface area contributed by atoms with Crippen LogP contribution in [0, 0.1) is 0 Å². The fourth-order valence-electron chi connectivity index (χ4n) is 8.98. The number of pyridine rings is 1. The third kappa shape index (κ3) is 5.72. The summed E-state index contributed by atoms with van der Waals surface area (Å²) in [5.41, 5.74) is 12.3. The van der Waals surface area contributed by atoms with Crippen molar-refractivity contribution in [3.05, 3.63) is 217 Å². The van der Waals surface area contributed by atoms with Crippen molar-refractivity contribution >= 4 is 70.1 Å². The Morgan fingerprint density at radius 2 is 1.12 bits per heavy atom. The van der Waals surface area contributed by atoms with Gasteiger partial charge in [-0.2, -0.15) is 0 Å². The van der Waals surface area contributed by atoms with Crippen LogP contribution in [0.15, 0.2) is 205 Å². The minimum absolute atomic E-state index is 0.0796. The summed E-state index contributed by atoms with van der Waals surface area (Å²) in [4.78, 5) is 10.6. The molecule has 8 aromatic carbocycles. The average molecular weight is 788 g/mol. The van der Waals surface area contributed by atoms with Gasteiger partial charge >= 0.3 is 0 Å². The molecular weight excluding hydrogens is 751 g/mol. The van der Waals surface area contributed by atoms with E-state index in [4.69, 9.17) is 9.98 Å². The van der Waals surface area contributed by atoms with Crippen molar-refractivity contribution in [1.29, 1.82) is 0 Å². The largest absolute Gasteiger partial charge is 0.350 e. The van der Waals surface area contributed by atoms with Gasteiger partial charge in [0.15, 0.2) is 0 Å². The van der Waals surface area contributed by atoms with Crippen LogP contribution >= 0.6 is 11.3 Å². The Morgan fingerprint density at radius 1 is 0.483 bits per heavy atom. The zero-order valence-electron chi connectivity index (χ0n) is 32.5. The molecule has 60 heavy (non-hydrogen) atoms. The first-order valence-corrected chi connectivity index (χ1v) is 21.2. The fraction of sp³-hybridized carbons (Fsp3) is 0.0370. The van der Waals surface area contributed by atoms with Crippen LogP contribution in [0.5, 0.6) is 0 Å². The maximum absolute atomic E-state index is 5.45. The Bertz CT molecular complexity index is 3420. The summed E-state index contributed by atoms with van der Waals surface area (Å²) < 4.78 is 5.02. The number of rotatable bonds is 6. The number of hydrogen-bond acceptors (Lipinski definition) is 5. The molecule has 0 amide bonds. The van der Waals surface area contributed by atoms with Gasteiger partial charge in [-0.3, -0.25) is 5.32 Å². The van der Waals surface area contributed by atoms with Crippen molar-refractivity contribution in [3.63, 3.8) is 0 Å². The summed E-state index contributed by atoms with van der Waals surface area (Å²) in [6.45, 7) is 0. The van der Waals surface area contributed by atoms with Crippen LogP contribution in [-0.2, 0) is 0 Å². The van der Waals surface area contributed by atoms with Gasteiger partial charge in [-0.25, -0.2) is 9.98 Å². The molecule has 0 radical (unpaired) electrons. The molecule has 0 saturated heterocycles. The highest BCUT2D eigenvalue weighted by molar-refractivity contribution is 7.27. The molecule has 2 N–H and O–H groups in total. The van der Waals surface area contributed by atoms with Crippen molar-refractivity contribution in [2.45, 2.75) is 12.3 Å². The van der Waals surface area contributed by atoms with E-state index in [0.717, 1.165) is 44.9 Å². The molecule has 3 aromatic heterocycles. The number of aromatic nitrogens is 2. The van der Waals surface area contributed by atoms with E-state index in [2.05, 4.69) is 203 Å². The number of benzene rings is 8. The number of hydrogen-bond donors (Lipinski definition) is 2. The Hall–Kier alpha value is -7.38. The van der Waals surface area contributed by atoms with Crippen molar-refractivity contribution < 1.29 is 0 Å². The van der Waals surface area contributed by atoms with Crippen LogP contribution in [0.2, 0.25) is 0 Å². The van der Waals surface area contributed by atoms with Gasteiger partial charge in [-0.05, 0) is 45.8 Å². The molecule has 2 unspecified atom stereocenters. The van der Waals surface area contributed by atoms with E-state index in [-0.39, 0.29) is 12.3 Å². The first-order chi connectivity index (χ1) is 29.7. The molecule has 1 aliphatic heterocycles. The first kappa shape index (κ1) is 34.6. The summed E-state index contributed by atoms with van der Waals surface area (Å²) >= 11 is 1.88. The maximum Gasteiger partial charge on any atom is 0.131 e. The molecule has 0 aliphatic carbocycles. The highest BCUT2D eigenvalue weighted by atomic mass is 32.1. The fourth-order valence-corrected chi connectivity index (χ4v) is 10.3. The molecule has 0 fully saturated rings. The van der Waals surface area contributed by atoms with Gasteiger partial charge in [-0.1, -0.05) is 182 Å². The number of para-hydroxylation sites is 2. The van der Waals surface area contributed by atoms with Gasteiger partial charge in [0, 0.05) is 37.4 Å². The van der Waals surface area contributed by atoms with Crippen LogP contribution in [-0.4, -0.2) is 15.4 Å².